The van der Waals surface area contributed by atoms with Crippen LogP contribution in [0.15, 0.2) is 0 Å². The molecule has 0 spiro atoms. The Bertz CT molecular complexity index is 13.8. The van der Waals surface area contributed by atoms with Gasteiger partial charge in [0.05, 0.1) is 0 Å². The standard InChI is InChI=1S/6Ge.8In. The van der Waals surface area contributed by atoms with Gasteiger partial charge in [0.2, 0.25) is 0 Å². The summed E-state index contributed by atoms with van der Waals surface area (Å²) in [6.07, 6.45) is 0. The van der Waals surface area contributed by atoms with Gasteiger partial charge in [-0.25, -0.2) is 0 Å². The zero-order valence-electron chi connectivity index (χ0n) is 7.62. The number of hydrogen-bond acceptors (Lipinski definition) is 0. The molecule has 0 heterocycles. The maximum atomic E-state index is 0. The van der Waals surface area contributed by atoms with Gasteiger partial charge in [0.25, 0.3) is 0 Å². The van der Waals surface area contributed by atoms with Crippen molar-refractivity contribution in [1.82, 2.24) is 0 Å². The molecule has 0 rings (SSSR count). The molecule has 0 bridgehead atoms. The first kappa shape index (κ1) is 125. The van der Waals surface area contributed by atoms with E-state index in [4.69, 9.17) is 0 Å². The van der Waals surface area contributed by atoms with E-state index in [1.165, 1.54) is 0 Å². The molecule has 0 aliphatic carbocycles. The third-order valence-electron chi connectivity index (χ3n) is 0. The van der Waals surface area contributed by atoms with Crippen LogP contribution in [0.1, 0.15) is 0 Å². The smallest absolute Gasteiger partial charge is 0 e. The molecule has 0 atom stereocenters. The zero-order chi connectivity index (χ0) is 0. The molecule has 48 radical (unpaired) electrons. The monoisotopic (exact) mass is 1360 g/mol. The summed E-state index contributed by atoms with van der Waals surface area (Å²) in [7, 11) is 0. The maximum absolute atomic E-state index is 0. The normalized spacial score (nSPS) is 0. The summed E-state index contributed by atoms with van der Waals surface area (Å²) in [5.74, 6) is 0. The van der Waals surface area contributed by atoms with Crippen LogP contribution in [0.4, 0.5) is 0 Å². The van der Waals surface area contributed by atoms with E-state index in [1.54, 1.807) is 0 Å². The van der Waals surface area contributed by atoms with Crippen LogP contribution in [0.5, 0.6) is 0 Å². The van der Waals surface area contributed by atoms with E-state index in [9.17, 15) is 0 Å². The van der Waals surface area contributed by atoms with Crippen molar-refractivity contribution in [2.45, 2.75) is 0 Å². The van der Waals surface area contributed by atoms with Gasteiger partial charge in [-0.3, -0.25) is 0 Å². The summed E-state index contributed by atoms with van der Waals surface area (Å²) in [5.41, 5.74) is 0. The van der Waals surface area contributed by atoms with Crippen molar-refractivity contribution in [1.29, 1.82) is 0 Å². The van der Waals surface area contributed by atoms with Crippen LogP contribution in [0.25, 0.3) is 0 Å². The average Bonchev–Trinajstić information content (AvgIpc) is 0. The Hall–Kier alpha value is 10.2. The van der Waals surface area contributed by atoms with Crippen LogP contribution in [0.3, 0.4) is 0 Å². The largest absolute Gasteiger partial charge is 0 e. The fourth-order valence-corrected chi connectivity index (χ4v) is 0. The van der Waals surface area contributed by atoms with Crippen LogP contribution in [-0.4, -0.2) is 312 Å². The summed E-state index contributed by atoms with van der Waals surface area (Å²) in [6.45, 7) is 0. The molecule has 14 heavy (non-hydrogen) atoms. The SMILES string of the molecule is [Ge].[Ge].[Ge].[Ge].[Ge].[Ge].[In].[In].[In].[In].[In].[In].[In].[In]. The fourth-order valence-electron chi connectivity index (χ4n) is 0. The van der Waals surface area contributed by atoms with Crippen LogP contribution < -0.4 is 0 Å². The maximum Gasteiger partial charge on any atom is 0 e. The number of hydrogen-bond donors (Lipinski definition) is 0. The van der Waals surface area contributed by atoms with Gasteiger partial charge in [-0.15, -0.1) is 0 Å². The number of rotatable bonds is 0. The molecule has 0 aromatic carbocycles. The van der Waals surface area contributed by atoms with Gasteiger partial charge < -0.3 is 0 Å². The molecule has 0 aromatic heterocycles. The molecule has 0 amide bonds. The van der Waals surface area contributed by atoms with Gasteiger partial charge in [-0.05, 0) is 0 Å². The Kier molecular flexibility index (Phi) is 980. The molecule has 48 valence electrons. The Morgan fingerprint density at radius 1 is 0.143 bits per heavy atom. The van der Waals surface area contributed by atoms with E-state index in [2.05, 4.69) is 0 Å². The van der Waals surface area contributed by atoms with Crippen molar-refractivity contribution in [2.24, 2.45) is 0 Å². The second kappa shape index (κ2) is 110. The van der Waals surface area contributed by atoms with Crippen LogP contribution in [0.2, 0.25) is 0 Å². The van der Waals surface area contributed by atoms with E-state index in [0.29, 0.717) is 0 Å². The first-order chi connectivity index (χ1) is 0. The van der Waals surface area contributed by atoms with Crippen molar-refractivity contribution in [3.63, 3.8) is 0 Å². The predicted molar refractivity (Wildman–Crippen MR) is 80.6 cm³/mol. The molecule has 0 nitrogen and oxygen atoms in total. The topological polar surface area (TPSA) is 0 Å². The third-order valence-corrected chi connectivity index (χ3v) is 0. The first-order valence-corrected chi connectivity index (χ1v) is 0. The van der Waals surface area contributed by atoms with E-state index in [-0.39, 0.29) is 312 Å². The Labute approximate surface area is 303 Å². The molecule has 0 aromatic rings. The van der Waals surface area contributed by atoms with Crippen LogP contribution in [-0.2, 0) is 0 Å². The second-order valence-electron chi connectivity index (χ2n) is 0. The minimum atomic E-state index is 0. The minimum Gasteiger partial charge on any atom is 0 e. The van der Waals surface area contributed by atoms with Crippen molar-refractivity contribution >= 4 is 312 Å². The van der Waals surface area contributed by atoms with Crippen molar-refractivity contribution < 1.29 is 0 Å². The molecule has 0 N–H and O–H groups in total. The van der Waals surface area contributed by atoms with E-state index >= 15 is 0 Å². The molecule has 0 unspecified atom stereocenters. The van der Waals surface area contributed by atoms with Gasteiger partial charge in [0, 0.05) is 312 Å². The Morgan fingerprint density at radius 3 is 0.143 bits per heavy atom. The first-order valence-electron chi connectivity index (χ1n) is 0. The summed E-state index contributed by atoms with van der Waals surface area (Å²) in [4.78, 5) is 0. The fraction of sp³-hybridized carbons (Fsp3) is 0. The molecule has 0 aliphatic rings. The quantitative estimate of drug-likeness (QED) is 0.213. The van der Waals surface area contributed by atoms with Gasteiger partial charge in [0.15, 0.2) is 0 Å². The average molecular weight is 1350 g/mol. The Morgan fingerprint density at radius 2 is 0.143 bits per heavy atom. The Balaban J connectivity index is 0. The van der Waals surface area contributed by atoms with Crippen molar-refractivity contribution in [3.8, 4) is 0 Å². The molecular formula is Ge6In8. The minimum absolute atomic E-state index is 0. The third kappa shape index (κ3) is 95.8. The van der Waals surface area contributed by atoms with Gasteiger partial charge >= 0.3 is 0 Å². The van der Waals surface area contributed by atoms with Crippen molar-refractivity contribution in [3.05, 3.63) is 0 Å². The molecule has 0 aliphatic heterocycles. The summed E-state index contributed by atoms with van der Waals surface area (Å²) < 4.78 is 0. The van der Waals surface area contributed by atoms with Crippen LogP contribution >= 0.6 is 0 Å². The molecular weight excluding hydrogens is 1350 g/mol. The summed E-state index contributed by atoms with van der Waals surface area (Å²) >= 11 is 0. The van der Waals surface area contributed by atoms with Gasteiger partial charge in [-0.1, -0.05) is 0 Å². The second-order valence-corrected chi connectivity index (χ2v) is 0. The summed E-state index contributed by atoms with van der Waals surface area (Å²) in [6, 6.07) is 0. The van der Waals surface area contributed by atoms with E-state index < -0.39 is 0 Å². The molecule has 0 saturated carbocycles. The van der Waals surface area contributed by atoms with Crippen LogP contribution in [0, 0.1) is 0 Å². The summed E-state index contributed by atoms with van der Waals surface area (Å²) in [5, 5.41) is 0. The predicted octanol–water partition coefficient (Wildman–Crippen LogP) is -5.33. The van der Waals surface area contributed by atoms with Gasteiger partial charge in [0.1, 0.15) is 0 Å². The zero-order valence-corrected chi connectivity index (χ0v) is 46.6. The van der Waals surface area contributed by atoms with Crippen molar-refractivity contribution in [2.75, 3.05) is 0 Å². The molecule has 0 fully saturated rings. The molecule has 14 heteroatoms. The van der Waals surface area contributed by atoms with E-state index in [1.807, 2.05) is 0 Å². The molecule has 0 saturated heterocycles. The van der Waals surface area contributed by atoms with Gasteiger partial charge in [-0.2, -0.15) is 0 Å². The van der Waals surface area contributed by atoms with E-state index in [0.717, 1.165) is 0 Å².